The average molecular weight is 386 g/mol. The molecule has 7 nitrogen and oxygen atoms in total. The predicted octanol–water partition coefficient (Wildman–Crippen LogP) is 2.76. The molecule has 0 aliphatic carbocycles. The van der Waals surface area contributed by atoms with E-state index in [2.05, 4.69) is 20.6 Å². The fourth-order valence-corrected chi connectivity index (χ4v) is 2.53. The Morgan fingerprint density at radius 1 is 1.00 bits per heavy atom. The standard InChI is InChI=1S/C21H30N4O3/c1-4-22-21(24-15-17-9-6-7-11-19(17)27-5-2)25-16-18-10-8-12-23-20(18)28-14-13-26-3/h6-12H,4-5,13-16H2,1-3H3,(H2,22,24,25). The number of hydrogen-bond acceptors (Lipinski definition) is 5. The van der Waals surface area contributed by atoms with Crippen LogP contribution in [0.4, 0.5) is 0 Å². The first-order valence-electron chi connectivity index (χ1n) is 9.57. The van der Waals surface area contributed by atoms with Crippen LogP contribution in [0.15, 0.2) is 47.6 Å². The Morgan fingerprint density at radius 2 is 1.82 bits per heavy atom. The monoisotopic (exact) mass is 386 g/mol. The van der Waals surface area contributed by atoms with Gasteiger partial charge in [0.15, 0.2) is 5.96 Å². The lowest BCUT2D eigenvalue weighted by molar-refractivity contribution is 0.143. The van der Waals surface area contributed by atoms with Crippen LogP contribution in [-0.4, -0.2) is 44.4 Å². The highest BCUT2D eigenvalue weighted by Gasteiger charge is 2.07. The summed E-state index contributed by atoms with van der Waals surface area (Å²) in [6.45, 7) is 7.47. The van der Waals surface area contributed by atoms with Gasteiger partial charge in [0.1, 0.15) is 12.4 Å². The normalized spacial score (nSPS) is 11.2. The van der Waals surface area contributed by atoms with Gasteiger partial charge in [-0.25, -0.2) is 9.98 Å². The molecule has 152 valence electrons. The molecule has 0 bridgehead atoms. The molecule has 0 aliphatic heterocycles. The summed E-state index contributed by atoms with van der Waals surface area (Å²) in [6.07, 6.45) is 1.71. The van der Waals surface area contributed by atoms with Crippen molar-refractivity contribution in [3.63, 3.8) is 0 Å². The fourth-order valence-electron chi connectivity index (χ4n) is 2.53. The van der Waals surface area contributed by atoms with Gasteiger partial charge >= 0.3 is 0 Å². The first-order chi connectivity index (χ1) is 13.8. The number of aliphatic imine (C=N–C) groups is 1. The van der Waals surface area contributed by atoms with Crippen molar-refractivity contribution in [1.82, 2.24) is 15.6 Å². The van der Waals surface area contributed by atoms with Crippen molar-refractivity contribution in [1.29, 1.82) is 0 Å². The number of nitrogens with one attached hydrogen (secondary N) is 2. The molecule has 0 spiro atoms. The molecule has 1 aromatic carbocycles. The molecule has 0 saturated heterocycles. The third-order valence-electron chi connectivity index (χ3n) is 3.85. The van der Waals surface area contributed by atoms with Crippen LogP contribution in [0.5, 0.6) is 11.6 Å². The summed E-state index contributed by atoms with van der Waals surface area (Å²) in [4.78, 5) is 8.96. The van der Waals surface area contributed by atoms with E-state index in [0.717, 1.165) is 29.4 Å². The minimum atomic E-state index is 0.455. The SMILES string of the molecule is CCNC(=NCc1cccnc1OCCOC)NCc1ccccc1OCC. The van der Waals surface area contributed by atoms with Crippen molar-refractivity contribution in [2.75, 3.05) is 33.5 Å². The summed E-state index contributed by atoms with van der Waals surface area (Å²) in [6, 6.07) is 11.8. The van der Waals surface area contributed by atoms with Gasteiger partial charge in [-0.3, -0.25) is 0 Å². The summed E-state index contributed by atoms with van der Waals surface area (Å²) in [5, 5.41) is 6.62. The zero-order valence-corrected chi connectivity index (χ0v) is 16.9. The number of guanidine groups is 1. The minimum absolute atomic E-state index is 0.455. The Kier molecular flexibility index (Phi) is 9.65. The van der Waals surface area contributed by atoms with E-state index in [1.807, 2.05) is 50.2 Å². The number of benzene rings is 1. The first-order valence-corrected chi connectivity index (χ1v) is 9.57. The lowest BCUT2D eigenvalue weighted by Crippen LogP contribution is -2.36. The molecule has 0 aliphatic rings. The molecule has 1 aromatic heterocycles. The van der Waals surface area contributed by atoms with E-state index in [4.69, 9.17) is 14.2 Å². The number of methoxy groups -OCH3 is 1. The van der Waals surface area contributed by atoms with Crippen LogP contribution in [0.25, 0.3) is 0 Å². The van der Waals surface area contributed by atoms with Gasteiger partial charge in [0.25, 0.3) is 0 Å². The van der Waals surface area contributed by atoms with Crippen LogP contribution in [0.1, 0.15) is 25.0 Å². The zero-order chi connectivity index (χ0) is 20.0. The summed E-state index contributed by atoms with van der Waals surface area (Å²) >= 11 is 0. The van der Waals surface area contributed by atoms with Gasteiger partial charge in [-0.2, -0.15) is 0 Å². The summed E-state index contributed by atoms with van der Waals surface area (Å²) < 4.78 is 16.4. The first kappa shape index (κ1) is 21.5. The van der Waals surface area contributed by atoms with E-state index in [9.17, 15) is 0 Å². The maximum Gasteiger partial charge on any atom is 0.218 e. The van der Waals surface area contributed by atoms with E-state index in [1.54, 1.807) is 13.3 Å². The maximum atomic E-state index is 5.69. The summed E-state index contributed by atoms with van der Waals surface area (Å²) in [5.41, 5.74) is 2.01. The van der Waals surface area contributed by atoms with Crippen molar-refractivity contribution in [2.24, 2.45) is 4.99 Å². The molecule has 0 fully saturated rings. The molecule has 0 radical (unpaired) electrons. The number of hydrogen-bond donors (Lipinski definition) is 2. The zero-order valence-electron chi connectivity index (χ0n) is 16.9. The summed E-state index contributed by atoms with van der Waals surface area (Å²) in [7, 11) is 1.64. The quantitative estimate of drug-likeness (QED) is 0.351. The smallest absolute Gasteiger partial charge is 0.218 e. The van der Waals surface area contributed by atoms with Crippen molar-refractivity contribution in [3.8, 4) is 11.6 Å². The van der Waals surface area contributed by atoms with Crippen LogP contribution in [0.3, 0.4) is 0 Å². The fraction of sp³-hybridized carbons (Fsp3) is 0.429. The van der Waals surface area contributed by atoms with Gasteiger partial charge in [0, 0.05) is 37.5 Å². The van der Waals surface area contributed by atoms with Crippen LogP contribution < -0.4 is 20.1 Å². The Balaban J connectivity index is 2.03. The predicted molar refractivity (Wildman–Crippen MR) is 111 cm³/mol. The van der Waals surface area contributed by atoms with Crippen LogP contribution in [0, 0.1) is 0 Å². The van der Waals surface area contributed by atoms with E-state index < -0.39 is 0 Å². The van der Waals surface area contributed by atoms with Crippen LogP contribution in [-0.2, 0) is 17.8 Å². The molecule has 0 atom stereocenters. The molecule has 2 N–H and O–H groups in total. The van der Waals surface area contributed by atoms with E-state index in [0.29, 0.717) is 38.8 Å². The van der Waals surface area contributed by atoms with Crippen molar-refractivity contribution >= 4 is 5.96 Å². The van der Waals surface area contributed by atoms with E-state index >= 15 is 0 Å². The highest BCUT2D eigenvalue weighted by atomic mass is 16.5. The van der Waals surface area contributed by atoms with Crippen molar-refractivity contribution in [2.45, 2.75) is 26.9 Å². The second-order valence-electron chi connectivity index (χ2n) is 5.90. The van der Waals surface area contributed by atoms with E-state index in [-0.39, 0.29) is 0 Å². The Bertz CT molecular complexity index is 737. The second kappa shape index (κ2) is 12.6. The Labute approximate surface area is 167 Å². The van der Waals surface area contributed by atoms with Gasteiger partial charge in [0.2, 0.25) is 5.88 Å². The number of pyridine rings is 1. The molecular weight excluding hydrogens is 356 g/mol. The molecule has 0 unspecified atom stereocenters. The molecule has 1 heterocycles. The highest BCUT2D eigenvalue weighted by Crippen LogP contribution is 2.18. The number of aromatic nitrogens is 1. The lowest BCUT2D eigenvalue weighted by Gasteiger charge is -2.14. The van der Waals surface area contributed by atoms with Gasteiger partial charge in [-0.1, -0.05) is 24.3 Å². The summed E-state index contributed by atoms with van der Waals surface area (Å²) in [5.74, 6) is 2.19. The van der Waals surface area contributed by atoms with Gasteiger partial charge in [0.05, 0.1) is 19.8 Å². The third-order valence-corrected chi connectivity index (χ3v) is 3.85. The van der Waals surface area contributed by atoms with Gasteiger partial charge in [-0.15, -0.1) is 0 Å². The Morgan fingerprint density at radius 3 is 2.61 bits per heavy atom. The topological polar surface area (TPSA) is 77.0 Å². The number of ether oxygens (including phenoxy) is 3. The molecule has 7 heteroatoms. The Hall–Kier alpha value is -2.80. The number of nitrogens with zero attached hydrogens (tertiary/aromatic N) is 2. The molecular formula is C21H30N4O3. The van der Waals surface area contributed by atoms with Crippen molar-refractivity contribution < 1.29 is 14.2 Å². The van der Waals surface area contributed by atoms with Crippen LogP contribution in [0.2, 0.25) is 0 Å². The molecule has 2 aromatic rings. The molecule has 0 saturated carbocycles. The number of para-hydroxylation sites is 1. The minimum Gasteiger partial charge on any atom is -0.494 e. The van der Waals surface area contributed by atoms with Crippen LogP contribution >= 0.6 is 0 Å². The second-order valence-corrected chi connectivity index (χ2v) is 5.90. The third kappa shape index (κ3) is 7.08. The van der Waals surface area contributed by atoms with Gasteiger partial charge < -0.3 is 24.8 Å². The molecule has 0 amide bonds. The van der Waals surface area contributed by atoms with Gasteiger partial charge in [-0.05, 0) is 26.0 Å². The number of rotatable bonds is 11. The largest absolute Gasteiger partial charge is 0.494 e. The van der Waals surface area contributed by atoms with Crippen molar-refractivity contribution in [3.05, 3.63) is 53.7 Å². The highest BCUT2D eigenvalue weighted by molar-refractivity contribution is 5.79. The lowest BCUT2D eigenvalue weighted by atomic mass is 10.2. The maximum absolute atomic E-state index is 5.69. The van der Waals surface area contributed by atoms with E-state index in [1.165, 1.54) is 0 Å². The molecule has 2 rings (SSSR count). The average Bonchev–Trinajstić information content (AvgIpc) is 2.72. The molecule has 28 heavy (non-hydrogen) atoms.